The molecule has 0 saturated carbocycles. The second-order valence-corrected chi connectivity index (χ2v) is 10.4. The van der Waals surface area contributed by atoms with Crippen molar-refractivity contribution in [2.45, 2.75) is 38.9 Å². The Hall–Kier alpha value is -3.86. The molecular weight excluding hydrogens is 466 g/mol. The first-order chi connectivity index (χ1) is 16.7. The number of methoxy groups -OCH3 is 1. The van der Waals surface area contributed by atoms with Crippen molar-refractivity contribution in [3.63, 3.8) is 0 Å². The van der Waals surface area contributed by atoms with Gasteiger partial charge in [0.2, 0.25) is 16.0 Å². The lowest BCUT2D eigenvalue weighted by Gasteiger charge is -2.20. The summed E-state index contributed by atoms with van der Waals surface area (Å²) in [6.07, 6.45) is 6.73. The van der Waals surface area contributed by atoms with Crippen molar-refractivity contribution >= 4 is 16.0 Å². The molecule has 3 aromatic heterocycles. The summed E-state index contributed by atoms with van der Waals surface area (Å²) in [6, 6.07) is 9.15. The maximum atomic E-state index is 13.4. The smallest absolute Gasteiger partial charge is 0.243 e. The van der Waals surface area contributed by atoms with E-state index in [2.05, 4.69) is 29.9 Å². The van der Waals surface area contributed by atoms with Gasteiger partial charge in [0, 0.05) is 36.3 Å². The Balaban J connectivity index is 1.77. The van der Waals surface area contributed by atoms with E-state index in [4.69, 9.17) is 4.74 Å². The first-order valence-electron chi connectivity index (χ1n) is 11.0. The summed E-state index contributed by atoms with van der Waals surface area (Å²) in [6.45, 7) is 7.19. The Morgan fingerprint density at radius 1 is 0.971 bits per heavy atom. The summed E-state index contributed by atoms with van der Waals surface area (Å²) in [4.78, 5) is 12.8. The summed E-state index contributed by atoms with van der Waals surface area (Å²) in [5, 5.41) is 7.64. The van der Waals surface area contributed by atoms with Crippen LogP contribution < -0.4 is 9.46 Å². The van der Waals surface area contributed by atoms with Crippen molar-refractivity contribution in [2.24, 2.45) is 0 Å². The monoisotopic (exact) mass is 493 g/mol. The Kier molecular flexibility index (Phi) is 6.79. The van der Waals surface area contributed by atoms with E-state index in [9.17, 15) is 8.42 Å². The van der Waals surface area contributed by atoms with Gasteiger partial charge in [-0.25, -0.2) is 18.4 Å². The summed E-state index contributed by atoms with van der Waals surface area (Å²) in [7, 11) is -2.36. The molecule has 1 N–H and O–H groups in total. The van der Waals surface area contributed by atoms with Gasteiger partial charge in [0.15, 0.2) is 5.82 Å². The number of nitrogens with zero attached hydrogens (tertiary/aromatic N) is 6. The third-order valence-electron chi connectivity index (χ3n) is 5.76. The molecule has 3 heterocycles. The third kappa shape index (κ3) is 4.99. The normalized spacial score (nSPS) is 13.3. The van der Waals surface area contributed by atoms with Crippen LogP contribution in [-0.2, 0) is 10.0 Å². The summed E-state index contributed by atoms with van der Waals surface area (Å²) >= 11 is 0. The molecule has 10 nitrogen and oxygen atoms in total. The lowest BCUT2D eigenvalue weighted by atomic mass is 10.1. The molecule has 4 aromatic rings. The molecule has 0 bridgehead atoms. The number of ether oxygens (including phenoxy) is 1. The van der Waals surface area contributed by atoms with Crippen molar-refractivity contribution in [3.05, 3.63) is 72.1 Å². The maximum absolute atomic E-state index is 13.4. The number of nitrogens with one attached hydrogen (secondary N) is 1. The number of hydrogen-bond acceptors (Lipinski definition) is 8. The number of para-hydroxylation sites is 2. The number of aromatic nitrogens is 6. The van der Waals surface area contributed by atoms with E-state index in [1.807, 2.05) is 32.0 Å². The Morgan fingerprint density at radius 3 is 2.37 bits per heavy atom. The van der Waals surface area contributed by atoms with Gasteiger partial charge in [-0.1, -0.05) is 19.1 Å². The van der Waals surface area contributed by atoms with E-state index in [1.165, 1.54) is 0 Å². The number of sulfonamides is 1. The molecule has 35 heavy (non-hydrogen) atoms. The molecule has 0 unspecified atom stereocenters. The van der Waals surface area contributed by atoms with Gasteiger partial charge in [-0.15, -0.1) is 10.2 Å². The molecular formula is C24H27N7O3S. The van der Waals surface area contributed by atoms with Crippen molar-refractivity contribution in [1.29, 1.82) is 0 Å². The van der Waals surface area contributed by atoms with Gasteiger partial charge in [0.25, 0.3) is 0 Å². The fourth-order valence-corrected chi connectivity index (χ4v) is 4.83. The SMILES string of the molecule is COc1ccccc1-n1c(NS(=O)(=O)[C@@H](C)[C@H](C)c2ncc(C)cn2)nnc1-c1cncc(C)c1. The summed E-state index contributed by atoms with van der Waals surface area (Å²) in [5.41, 5.74) is 3.09. The van der Waals surface area contributed by atoms with Crippen LogP contribution in [-0.4, -0.2) is 50.5 Å². The largest absolute Gasteiger partial charge is 0.495 e. The molecule has 0 aliphatic heterocycles. The van der Waals surface area contributed by atoms with Gasteiger partial charge in [-0.3, -0.25) is 14.3 Å². The predicted octanol–water partition coefficient (Wildman–Crippen LogP) is 3.68. The van der Waals surface area contributed by atoms with E-state index in [0.29, 0.717) is 28.6 Å². The number of rotatable bonds is 8. The van der Waals surface area contributed by atoms with E-state index >= 15 is 0 Å². The van der Waals surface area contributed by atoms with Crippen LogP contribution in [0.5, 0.6) is 5.75 Å². The van der Waals surface area contributed by atoms with E-state index in [-0.39, 0.29) is 5.95 Å². The zero-order valence-corrected chi connectivity index (χ0v) is 21.0. The number of anilines is 1. The van der Waals surface area contributed by atoms with Gasteiger partial charge in [-0.05, 0) is 50.1 Å². The highest BCUT2D eigenvalue weighted by molar-refractivity contribution is 7.93. The average Bonchev–Trinajstić information content (AvgIpc) is 3.26. The van der Waals surface area contributed by atoms with Crippen molar-refractivity contribution in [1.82, 2.24) is 29.7 Å². The fourth-order valence-electron chi connectivity index (χ4n) is 3.59. The van der Waals surface area contributed by atoms with Gasteiger partial charge in [0.05, 0.1) is 18.0 Å². The third-order valence-corrected chi connectivity index (χ3v) is 7.61. The molecule has 11 heteroatoms. The van der Waals surface area contributed by atoms with Crippen LogP contribution in [0.15, 0.2) is 55.1 Å². The van der Waals surface area contributed by atoms with E-state index < -0.39 is 21.2 Å². The second kappa shape index (κ2) is 9.79. The lowest BCUT2D eigenvalue weighted by Crippen LogP contribution is -2.31. The average molecular weight is 494 g/mol. The Bertz CT molecular complexity index is 1440. The second-order valence-electron chi connectivity index (χ2n) is 8.36. The maximum Gasteiger partial charge on any atom is 0.243 e. The molecule has 0 spiro atoms. The van der Waals surface area contributed by atoms with Crippen LogP contribution in [0.25, 0.3) is 17.1 Å². The molecule has 0 amide bonds. The molecule has 182 valence electrons. The van der Waals surface area contributed by atoms with Crippen LogP contribution in [0.3, 0.4) is 0 Å². The molecule has 4 rings (SSSR count). The zero-order valence-electron chi connectivity index (χ0n) is 20.2. The zero-order chi connectivity index (χ0) is 25.2. The quantitative estimate of drug-likeness (QED) is 0.394. The molecule has 0 aliphatic rings. The van der Waals surface area contributed by atoms with Crippen LogP contribution in [0, 0.1) is 13.8 Å². The highest BCUT2D eigenvalue weighted by Crippen LogP contribution is 2.32. The molecule has 1 aromatic carbocycles. The Labute approximate surface area is 204 Å². The van der Waals surface area contributed by atoms with E-state index in [1.54, 1.807) is 62.4 Å². The van der Waals surface area contributed by atoms with Crippen LogP contribution >= 0.6 is 0 Å². The van der Waals surface area contributed by atoms with E-state index in [0.717, 1.165) is 11.1 Å². The standard InChI is InChI=1S/C24H27N7O3S/c1-15-10-19(14-25-11-15)23-28-29-24(31(23)20-8-6-7-9-21(20)34-5)30-35(32,33)18(4)17(3)22-26-12-16(2)13-27-22/h6-14,17-18H,1-5H3,(H,29,30)/t17-,18-/m0/s1. The van der Waals surface area contributed by atoms with Gasteiger partial charge >= 0.3 is 0 Å². The topological polar surface area (TPSA) is 125 Å². The summed E-state index contributed by atoms with van der Waals surface area (Å²) in [5.74, 6) is 0.979. The summed E-state index contributed by atoms with van der Waals surface area (Å²) < 4.78 is 36.6. The molecule has 0 saturated heterocycles. The minimum Gasteiger partial charge on any atom is -0.495 e. The number of hydrogen-bond donors (Lipinski definition) is 1. The predicted molar refractivity (Wildman–Crippen MR) is 133 cm³/mol. The van der Waals surface area contributed by atoms with Crippen LogP contribution in [0.4, 0.5) is 5.95 Å². The van der Waals surface area contributed by atoms with Gasteiger partial charge in [0.1, 0.15) is 11.6 Å². The van der Waals surface area contributed by atoms with Crippen molar-refractivity contribution < 1.29 is 13.2 Å². The highest BCUT2D eigenvalue weighted by atomic mass is 32.2. The first kappa shape index (κ1) is 24.3. The highest BCUT2D eigenvalue weighted by Gasteiger charge is 2.31. The molecule has 2 atom stereocenters. The van der Waals surface area contributed by atoms with Gasteiger partial charge < -0.3 is 4.74 Å². The van der Waals surface area contributed by atoms with Crippen LogP contribution in [0.1, 0.15) is 36.7 Å². The fraction of sp³-hybridized carbons (Fsp3) is 0.292. The minimum atomic E-state index is -3.91. The lowest BCUT2D eigenvalue weighted by molar-refractivity contribution is 0.413. The van der Waals surface area contributed by atoms with Gasteiger partial charge in [-0.2, -0.15) is 0 Å². The number of benzene rings is 1. The number of pyridine rings is 1. The molecule has 0 radical (unpaired) electrons. The number of aryl methyl sites for hydroxylation is 2. The molecule has 0 fully saturated rings. The first-order valence-corrected chi connectivity index (χ1v) is 12.6. The van der Waals surface area contributed by atoms with Crippen LogP contribution in [0.2, 0.25) is 0 Å². The Morgan fingerprint density at radius 2 is 1.69 bits per heavy atom. The molecule has 0 aliphatic carbocycles. The minimum absolute atomic E-state index is 0.0369. The van der Waals surface area contributed by atoms with Crippen molar-refractivity contribution in [3.8, 4) is 22.8 Å². The van der Waals surface area contributed by atoms with Crippen molar-refractivity contribution in [2.75, 3.05) is 11.8 Å².